The number of hydrogen-bond donors (Lipinski definition) is 1. The zero-order chi connectivity index (χ0) is 17.8. The lowest BCUT2D eigenvalue weighted by atomic mass is 9.73. The van der Waals surface area contributed by atoms with E-state index in [0.29, 0.717) is 17.9 Å². The summed E-state index contributed by atoms with van der Waals surface area (Å²) in [5.41, 5.74) is 2.43. The van der Waals surface area contributed by atoms with Gasteiger partial charge in [-0.2, -0.15) is 0 Å². The first-order chi connectivity index (χ1) is 12.8. The highest BCUT2D eigenvalue weighted by atomic mass is 16.3. The molecule has 5 nitrogen and oxygen atoms in total. The van der Waals surface area contributed by atoms with Gasteiger partial charge in [0.25, 0.3) is 0 Å². The molecule has 0 amide bonds. The van der Waals surface area contributed by atoms with E-state index in [-0.39, 0.29) is 0 Å². The van der Waals surface area contributed by atoms with Crippen LogP contribution in [0.5, 0.6) is 0 Å². The predicted octanol–water partition coefficient (Wildman–Crippen LogP) is 4.07. The highest BCUT2D eigenvalue weighted by Crippen LogP contribution is 2.43. The molecule has 1 aliphatic heterocycles. The quantitative estimate of drug-likeness (QED) is 0.668. The second-order valence-electron chi connectivity index (χ2n) is 7.64. The number of aliphatic imine (C=N–C) groups is 1. The fourth-order valence-electron chi connectivity index (χ4n) is 4.43. The minimum atomic E-state index is 0.532. The van der Waals surface area contributed by atoms with E-state index in [9.17, 15) is 0 Å². The molecule has 2 heterocycles. The topological polar surface area (TPSA) is 53.7 Å². The number of nitrogens with zero attached hydrogens (tertiary/aromatic N) is 3. The van der Waals surface area contributed by atoms with Crippen molar-refractivity contribution in [1.29, 1.82) is 0 Å². The summed E-state index contributed by atoms with van der Waals surface area (Å²) < 4.78 is 5.63. The summed E-state index contributed by atoms with van der Waals surface area (Å²) in [6.45, 7) is 2.88. The van der Waals surface area contributed by atoms with Crippen molar-refractivity contribution in [3.05, 3.63) is 42.3 Å². The van der Waals surface area contributed by atoms with Crippen LogP contribution in [0.2, 0.25) is 0 Å². The third-order valence-corrected chi connectivity index (χ3v) is 5.86. The Hall–Kier alpha value is -2.30. The number of likely N-dealkylation sites (tertiary alicyclic amines) is 1. The average molecular weight is 352 g/mol. The van der Waals surface area contributed by atoms with Gasteiger partial charge in [-0.25, -0.2) is 4.98 Å². The highest BCUT2D eigenvalue weighted by Gasteiger charge is 2.39. The lowest BCUT2D eigenvalue weighted by Gasteiger charge is -2.33. The van der Waals surface area contributed by atoms with Gasteiger partial charge < -0.3 is 14.6 Å². The summed E-state index contributed by atoms with van der Waals surface area (Å²) in [6, 6.07) is 10.0. The van der Waals surface area contributed by atoms with E-state index in [2.05, 4.69) is 20.2 Å². The standard InChI is InChI=1S/C21H28N4O/c1-22-20(25-13-12-21(16-25)10-6-3-7-11-21)23-14-18-15-26-19(24-18)17-8-4-2-5-9-17/h2,4-5,8-9,15H,3,6-7,10-14,16H2,1H3,(H,22,23). The maximum Gasteiger partial charge on any atom is 0.226 e. The molecule has 1 N–H and O–H groups in total. The molecule has 138 valence electrons. The highest BCUT2D eigenvalue weighted by molar-refractivity contribution is 5.80. The SMILES string of the molecule is CN=C(NCc1coc(-c2ccccc2)n1)N1CCC2(CCCCC2)C1. The summed E-state index contributed by atoms with van der Waals surface area (Å²) in [7, 11) is 1.87. The molecule has 5 heteroatoms. The summed E-state index contributed by atoms with van der Waals surface area (Å²) in [6.07, 6.45) is 9.98. The molecular formula is C21H28N4O. The molecule has 0 radical (unpaired) electrons. The number of nitrogens with one attached hydrogen (secondary N) is 1. The zero-order valence-corrected chi connectivity index (χ0v) is 15.6. The molecule has 0 atom stereocenters. The van der Waals surface area contributed by atoms with Gasteiger partial charge in [0.1, 0.15) is 6.26 Å². The van der Waals surface area contributed by atoms with E-state index >= 15 is 0 Å². The number of hydrogen-bond acceptors (Lipinski definition) is 3. The number of rotatable bonds is 3. The van der Waals surface area contributed by atoms with Gasteiger partial charge in [0.2, 0.25) is 5.89 Å². The first-order valence-electron chi connectivity index (χ1n) is 9.73. The van der Waals surface area contributed by atoms with Crippen molar-refractivity contribution in [3.8, 4) is 11.5 Å². The molecule has 2 aliphatic rings. The van der Waals surface area contributed by atoms with Crippen molar-refractivity contribution in [1.82, 2.24) is 15.2 Å². The van der Waals surface area contributed by atoms with Gasteiger partial charge in [-0.3, -0.25) is 4.99 Å². The Morgan fingerprint density at radius 1 is 1.19 bits per heavy atom. The minimum Gasteiger partial charge on any atom is -0.444 e. The first kappa shape index (κ1) is 17.1. The Bertz CT molecular complexity index is 746. The van der Waals surface area contributed by atoms with Crippen LogP contribution < -0.4 is 5.32 Å². The summed E-state index contributed by atoms with van der Waals surface area (Å²) in [4.78, 5) is 11.5. The maximum atomic E-state index is 5.63. The van der Waals surface area contributed by atoms with Crippen LogP contribution in [0.4, 0.5) is 0 Å². The van der Waals surface area contributed by atoms with Gasteiger partial charge in [-0.15, -0.1) is 0 Å². The van der Waals surface area contributed by atoms with Crippen LogP contribution in [0.25, 0.3) is 11.5 Å². The molecule has 1 saturated carbocycles. The van der Waals surface area contributed by atoms with Crippen LogP contribution >= 0.6 is 0 Å². The maximum absolute atomic E-state index is 5.63. The van der Waals surface area contributed by atoms with E-state index < -0.39 is 0 Å². The lowest BCUT2D eigenvalue weighted by Crippen LogP contribution is -2.41. The second kappa shape index (κ2) is 7.52. The average Bonchev–Trinajstić information content (AvgIpc) is 3.32. The monoisotopic (exact) mass is 352 g/mol. The summed E-state index contributed by atoms with van der Waals surface area (Å²) >= 11 is 0. The van der Waals surface area contributed by atoms with E-state index in [1.807, 2.05) is 37.4 Å². The Kier molecular flexibility index (Phi) is 4.96. The van der Waals surface area contributed by atoms with Gasteiger partial charge in [-0.1, -0.05) is 37.5 Å². The fraction of sp³-hybridized carbons (Fsp3) is 0.524. The van der Waals surface area contributed by atoms with Crippen LogP contribution in [0.3, 0.4) is 0 Å². The van der Waals surface area contributed by atoms with Crippen LogP contribution in [0.15, 0.2) is 46.0 Å². The van der Waals surface area contributed by atoms with Gasteiger partial charge in [0.15, 0.2) is 5.96 Å². The molecule has 1 spiro atoms. The van der Waals surface area contributed by atoms with E-state index in [4.69, 9.17) is 4.42 Å². The largest absolute Gasteiger partial charge is 0.444 e. The van der Waals surface area contributed by atoms with Gasteiger partial charge >= 0.3 is 0 Å². The fourth-order valence-corrected chi connectivity index (χ4v) is 4.43. The Labute approximate surface area is 155 Å². The number of benzene rings is 1. The van der Waals surface area contributed by atoms with Crippen molar-refractivity contribution in [2.45, 2.75) is 45.1 Å². The molecule has 4 rings (SSSR count). The van der Waals surface area contributed by atoms with Crippen LogP contribution in [0.1, 0.15) is 44.2 Å². The van der Waals surface area contributed by atoms with Crippen molar-refractivity contribution in [3.63, 3.8) is 0 Å². The van der Waals surface area contributed by atoms with Gasteiger partial charge in [0.05, 0.1) is 12.2 Å². The molecular weight excluding hydrogens is 324 g/mol. The Morgan fingerprint density at radius 3 is 2.77 bits per heavy atom. The lowest BCUT2D eigenvalue weighted by molar-refractivity contribution is 0.203. The molecule has 1 saturated heterocycles. The summed E-state index contributed by atoms with van der Waals surface area (Å²) in [5, 5.41) is 3.47. The number of aromatic nitrogens is 1. The van der Waals surface area contributed by atoms with Crippen LogP contribution in [-0.2, 0) is 6.54 Å². The van der Waals surface area contributed by atoms with Crippen molar-refractivity contribution < 1.29 is 4.42 Å². The van der Waals surface area contributed by atoms with E-state index in [0.717, 1.165) is 30.3 Å². The van der Waals surface area contributed by atoms with Crippen molar-refractivity contribution in [2.24, 2.45) is 10.4 Å². The first-order valence-corrected chi connectivity index (χ1v) is 9.73. The molecule has 0 bridgehead atoms. The Balaban J connectivity index is 1.36. The molecule has 26 heavy (non-hydrogen) atoms. The molecule has 1 aromatic carbocycles. The molecule has 2 fully saturated rings. The van der Waals surface area contributed by atoms with E-state index in [1.54, 1.807) is 6.26 Å². The number of guanidine groups is 1. The normalized spacial score (nSPS) is 19.9. The Morgan fingerprint density at radius 2 is 2.00 bits per heavy atom. The second-order valence-corrected chi connectivity index (χ2v) is 7.64. The summed E-state index contributed by atoms with van der Waals surface area (Å²) in [5.74, 6) is 1.65. The van der Waals surface area contributed by atoms with Gasteiger partial charge in [-0.05, 0) is 36.8 Å². The third kappa shape index (κ3) is 3.62. The van der Waals surface area contributed by atoms with E-state index in [1.165, 1.54) is 38.5 Å². The molecule has 2 aromatic rings. The minimum absolute atomic E-state index is 0.532. The van der Waals surface area contributed by atoms with Crippen LogP contribution in [-0.4, -0.2) is 36.0 Å². The van der Waals surface area contributed by atoms with Gasteiger partial charge in [0, 0.05) is 25.7 Å². The number of oxazole rings is 1. The zero-order valence-electron chi connectivity index (χ0n) is 15.6. The predicted molar refractivity (Wildman–Crippen MR) is 104 cm³/mol. The smallest absolute Gasteiger partial charge is 0.226 e. The molecule has 1 aliphatic carbocycles. The molecule has 1 aromatic heterocycles. The van der Waals surface area contributed by atoms with Crippen LogP contribution in [0, 0.1) is 5.41 Å². The third-order valence-electron chi connectivity index (χ3n) is 5.86. The molecule has 0 unspecified atom stereocenters. The van der Waals surface area contributed by atoms with Crippen molar-refractivity contribution >= 4 is 5.96 Å². The van der Waals surface area contributed by atoms with Crippen molar-refractivity contribution in [2.75, 3.05) is 20.1 Å².